The lowest BCUT2D eigenvalue weighted by Gasteiger charge is -2.17. The highest BCUT2D eigenvalue weighted by Crippen LogP contribution is 2.18. The number of ether oxygens (including phenoxy) is 1. The minimum atomic E-state index is -0.506. The third-order valence-corrected chi connectivity index (χ3v) is 3.33. The summed E-state index contributed by atoms with van der Waals surface area (Å²) in [6.45, 7) is 4.20. The summed E-state index contributed by atoms with van der Waals surface area (Å²) in [6, 6.07) is 4.13. The van der Waals surface area contributed by atoms with E-state index in [9.17, 15) is 14.0 Å². The molecule has 0 unspecified atom stereocenters. The second kappa shape index (κ2) is 9.09. The van der Waals surface area contributed by atoms with E-state index >= 15 is 0 Å². The number of rotatable bonds is 7. The van der Waals surface area contributed by atoms with E-state index in [1.54, 1.807) is 18.0 Å². The number of likely N-dealkylation sites (N-methyl/N-ethyl adjacent to an activating group) is 1. The normalized spacial score (nSPS) is 11.9. The van der Waals surface area contributed by atoms with Gasteiger partial charge in [0, 0.05) is 12.6 Å². The molecule has 0 aliphatic rings. The lowest BCUT2D eigenvalue weighted by Crippen LogP contribution is -2.46. The first kappa shape index (κ1) is 18.9. The Balaban J connectivity index is 2.46. The first-order valence-corrected chi connectivity index (χ1v) is 7.47. The van der Waals surface area contributed by atoms with Crippen LogP contribution in [0.2, 0.25) is 0 Å². The van der Waals surface area contributed by atoms with E-state index in [-0.39, 0.29) is 18.3 Å². The molecule has 1 aromatic rings. The monoisotopic (exact) mass is 325 g/mol. The second-order valence-electron chi connectivity index (χ2n) is 5.47. The van der Waals surface area contributed by atoms with Gasteiger partial charge < -0.3 is 10.1 Å². The Labute approximate surface area is 136 Å². The molecule has 0 aliphatic heterocycles. The van der Waals surface area contributed by atoms with Crippen molar-refractivity contribution in [2.24, 2.45) is 0 Å². The third kappa shape index (κ3) is 6.65. The molecule has 0 saturated carbocycles. The highest BCUT2D eigenvalue weighted by molar-refractivity contribution is 5.95. The van der Waals surface area contributed by atoms with Crippen molar-refractivity contribution < 1.29 is 18.7 Å². The molecule has 23 heavy (non-hydrogen) atoms. The molecule has 0 radical (unpaired) electrons. The molecule has 0 aliphatic carbocycles. The fourth-order valence-corrected chi connectivity index (χ4v) is 1.95. The highest BCUT2D eigenvalue weighted by Gasteiger charge is 2.13. The average molecular weight is 325 g/mol. The molecule has 0 fully saturated rings. The Kier molecular flexibility index (Phi) is 7.47. The van der Waals surface area contributed by atoms with E-state index in [1.165, 1.54) is 19.2 Å². The van der Waals surface area contributed by atoms with Crippen molar-refractivity contribution in [2.75, 3.05) is 20.7 Å². The quantitative estimate of drug-likeness (QED) is 0.803. The number of amides is 3. The van der Waals surface area contributed by atoms with E-state index in [4.69, 9.17) is 4.74 Å². The van der Waals surface area contributed by atoms with Crippen LogP contribution in [0.4, 0.5) is 9.18 Å². The largest absolute Gasteiger partial charge is 0.494 e. The number of carbonyl (C=O) groups is 2. The van der Waals surface area contributed by atoms with Gasteiger partial charge in [0.2, 0.25) is 5.91 Å². The van der Waals surface area contributed by atoms with Crippen molar-refractivity contribution in [3.8, 4) is 5.75 Å². The Morgan fingerprint density at radius 2 is 2.09 bits per heavy atom. The number of methoxy groups -OCH3 is 1. The van der Waals surface area contributed by atoms with E-state index in [0.29, 0.717) is 12.1 Å². The van der Waals surface area contributed by atoms with Crippen molar-refractivity contribution in [3.05, 3.63) is 29.6 Å². The minimum absolute atomic E-state index is 0.00260. The van der Waals surface area contributed by atoms with Gasteiger partial charge in [-0.1, -0.05) is 13.0 Å². The summed E-state index contributed by atoms with van der Waals surface area (Å²) in [6.07, 6.45) is 0.782. The van der Waals surface area contributed by atoms with Crippen molar-refractivity contribution in [1.29, 1.82) is 0 Å². The zero-order chi connectivity index (χ0) is 17.4. The van der Waals surface area contributed by atoms with Crippen LogP contribution in [0.3, 0.4) is 0 Å². The molecule has 0 heterocycles. The SMILES string of the molecule is CC[C@H](C)NC(=O)NC(=O)CN(C)Cc1ccc(OC)c(F)c1. The standard InChI is InChI=1S/C16H24FN3O3/c1-5-11(2)18-16(22)19-15(21)10-20(3)9-12-6-7-14(23-4)13(17)8-12/h6-8,11H,5,9-10H2,1-4H3,(H2,18,19,21,22)/t11-/m0/s1. The molecule has 6 nitrogen and oxygen atoms in total. The van der Waals surface area contributed by atoms with Gasteiger partial charge in [0.05, 0.1) is 13.7 Å². The van der Waals surface area contributed by atoms with Crippen LogP contribution in [0.25, 0.3) is 0 Å². The van der Waals surface area contributed by atoms with E-state index in [0.717, 1.165) is 6.42 Å². The molecular weight excluding hydrogens is 301 g/mol. The van der Waals surface area contributed by atoms with Gasteiger partial charge in [-0.25, -0.2) is 9.18 Å². The summed E-state index contributed by atoms with van der Waals surface area (Å²) < 4.78 is 18.5. The van der Waals surface area contributed by atoms with E-state index in [2.05, 4.69) is 10.6 Å². The van der Waals surface area contributed by atoms with Crippen LogP contribution in [-0.4, -0.2) is 43.6 Å². The molecule has 1 aromatic carbocycles. The summed E-state index contributed by atoms with van der Waals surface area (Å²) in [5.74, 6) is -0.686. The van der Waals surface area contributed by atoms with Crippen LogP contribution in [0.1, 0.15) is 25.8 Å². The number of benzene rings is 1. The van der Waals surface area contributed by atoms with Gasteiger partial charge in [-0.15, -0.1) is 0 Å². The molecule has 2 N–H and O–H groups in total. The maximum Gasteiger partial charge on any atom is 0.321 e. The fourth-order valence-electron chi connectivity index (χ4n) is 1.95. The highest BCUT2D eigenvalue weighted by atomic mass is 19.1. The number of nitrogens with zero attached hydrogens (tertiary/aromatic N) is 1. The Hall–Kier alpha value is -2.15. The van der Waals surface area contributed by atoms with Crippen LogP contribution < -0.4 is 15.4 Å². The molecule has 1 atom stereocenters. The van der Waals surface area contributed by atoms with Gasteiger partial charge in [0.1, 0.15) is 0 Å². The molecule has 0 bridgehead atoms. The molecule has 128 valence electrons. The lowest BCUT2D eigenvalue weighted by molar-refractivity contribution is -0.121. The van der Waals surface area contributed by atoms with Gasteiger partial charge in [0.15, 0.2) is 11.6 Å². The predicted molar refractivity (Wildman–Crippen MR) is 85.7 cm³/mol. The van der Waals surface area contributed by atoms with Crippen molar-refractivity contribution in [3.63, 3.8) is 0 Å². The number of nitrogens with one attached hydrogen (secondary N) is 2. The van der Waals surface area contributed by atoms with Crippen LogP contribution in [0.5, 0.6) is 5.75 Å². The molecule has 0 spiro atoms. The third-order valence-electron chi connectivity index (χ3n) is 3.33. The minimum Gasteiger partial charge on any atom is -0.494 e. The van der Waals surface area contributed by atoms with Crippen LogP contribution in [0, 0.1) is 5.82 Å². The van der Waals surface area contributed by atoms with Gasteiger partial charge >= 0.3 is 6.03 Å². The summed E-state index contributed by atoms with van der Waals surface area (Å²) >= 11 is 0. The average Bonchev–Trinajstić information content (AvgIpc) is 2.46. The molecular formula is C16H24FN3O3. The van der Waals surface area contributed by atoms with Gasteiger partial charge in [-0.05, 0) is 38.1 Å². The van der Waals surface area contributed by atoms with E-state index in [1.807, 2.05) is 13.8 Å². The second-order valence-corrected chi connectivity index (χ2v) is 5.47. The predicted octanol–water partition coefficient (Wildman–Crippen LogP) is 1.89. The van der Waals surface area contributed by atoms with Crippen molar-refractivity contribution >= 4 is 11.9 Å². The van der Waals surface area contributed by atoms with Crippen LogP contribution >= 0.6 is 0 Å². The lowest BCUT2D eigenvalue weighted by atomic mass is 10.2. The Morgan fingerprint density at radius 1 is 1.39 bits per heavy atom. The first-order valence-electron chi connectivity index (χ1n) is 7.47. The van der Waals surface area contributed by atoms with Crippen LogP contribution in [-0.2, 0) is 11.3 Å². The molecule has 1 rings (SSSR count). The zero-order valence-electron chi connectivity index (χ0n) is 14.0. The molecule has 3 amide bonds. The first-order chi connectivity index (χ1) is 10.8. The number of hydrogen-bond donors (Lipinski definition) is 2. The number of hydrogen-bond acceptors (Lipinski definition) is 4. The smallest absolute Gasteiger partial charge is 0.321 e. The van der Waals surface area contributed by atoms with Crippen molar-refractivity contribution in [2.45, 2.75) is 32.9 Å². The Morgan fingerprint density at radius 3 is 2.65 bits per heavy atom. The zero-order valence-corrected chi connectivity index (χ0v) is 14.0. The summed E-state index contributed by atoms with van der Waals surface area (Å²) in [5.41, 5.74) is 0.711. The molecule has 0 saturated heterocycles. The summed E-state index contributed by atoms with van der Waals surface area (Å²) in [4.78, 5) is 25.0. The molecule has 0 aromatic heterocycles. The van der Waals surface area contributed by atoms with Gasteiger partial charge in [-0.2, -0.15) is 0 Å². The number of carbonyl (C=O) groups excluding carboxylic acids is 2. The topological polar surface area (TPSA) is 70.7 Å². The summed E-state index contributed by atoms with van der Waals surface area (Å²) in [7, 11) is 3.12. The van der Waals surface area contributed by atoms with Crippen LogP contribution in [0.15, 0.2) is 18.2 Å². The van der Waals surface area contributed by atoms with Crippen molar-refractivity contribution in [1.82, 2.24) is 15.5 Å². The maximum absolute atomic E-state index is 13.6. The van der Waals surface area contributed by atoms with Gasteiger partial charge in [0.25, 0.3) is 0 Å². The van der Waals surface area contributed by atoms with E-state index < -0.39 is 17.8 Å². The number of halogens is 1. The number of imide groups is 1. The molecule has 7 heteroatoms. The Bertz CT molecular complexity index is 551. The maximum atomic E-state index is 13.6. The fraction of sp³-hybridized carbons (Fsp3) is 0.500. The number of urea groups is 1. The summed E-state index contributed by atoms with van der Waals surface area (Å²) in [5, 5.41) is 4.92. The van der Waals surface area contributed by atoms with Gasteiger partial charge in [-0.3, -0.25) is 15.0 Å².